The van der Waals surface area contributed by atoms with Crippen molar-refractivity contribution in [1.29, 1.82) is 0 Å². The molecule has 2 rings (SSSR count). The zero-order chi connectivity index (χ0) is 16.8. The van der Waals surface area contributed by atoms with Crippen molar-refractivity contribution in [3.8, 4) is 0 Å². The summed E-state index contributed by atoms with van der Waals surface area (Å²) in [5, 5.41) is 2.29. The fourth-order valence-electron chi connectivity index (χ4n) is 1.99. The SMILES string of the molecule is CCCCNC(=O)CN1C(=O)S/C(=C\c2cccc(Br)c2)C1=O. The van der Waals surface area contributed by atoms with E-state index in [1.165, 1.54) is 0 Å². The molecule has 0 aromatic heterocycles. The van der Waals surface area contributed by atoms with Crippen LogP contribution in [0, 0.1) is 0 Å². The second-order valence-corrected chi connectivity index (χ2v) is 6.94. The summed E-state index contributed by atoms with van der Waals surface area (Å²) in [6.45, 7) is 2.35. The summed E-state index contributed by atoms with van der Waals surface area (Å²) in [5.41, 5.74) is 0.817. The molecular weight excluding hydrogens is 380 g/mol. The van der Waals surface area contributed by atoms with Crippen LogP contribution >= 0.6 is 27.7 Å². The van der Waals surface area contributed by atoms with E-state index in [0.29, 0.717) is 11.4 Å². The molecule has 0 spiro atoms. The molecule has 1 aliphatic heterocycles. The lowest BCUT2D eigenvalue weighted by molar-refractivity contribution is -0.129. The number of carbonyl (C=O) groups is 3. The van der Waals surface area contributed by atoms with Crippen LogP contribution in [0.1, 0.15) is 25.3 Å². The Kier molecular flexibility index (Phi) is 6.41. The monoisotopic (exact) mass is 396 g/mol. The molecule has 1 heterocycles. The lowest BCUT2D eigenvalue weighted by Crippen LogP contribution is -2.39. The van der Waals surface area contributed by atoms with E-state index < -0.39 is 11.1 Å². The third kappa shape index (κ3) is 4.94. The average Bonchev–Trinajstić information content (AvgIpc) is 2.75. The maximum atomic E-state index is 12.3. The Morgan fingerprint density at radius 3 is 2.87 bits per heavy atom. The number of unbranched alkanes of at least 4 members (excludes halogenated alkanes) is 1. The standard InChI is InChI=1S/C16H17BrN2O3S/c1-2-3-7-18-14(20)10-19-15(21)13(23-16(19)22)9-11-5-4-6-12(17)8-11/h4-6,8-9H,2-3,7,10H2,1H3,(H,18,20)/b13-9-. The van der Waals surface area contributed by atoms with Gasteiger partial charge in [-0.2, -0.15) is 0 Å². The molecule has 0 unspecified atom stereocenters. The van der Waals surface area contributed by atoms with E-state index in [2.05, 4.69) is 21.2 Å². The number of imide groups is 1. The Morgan fingerprint density at radius 1 is 1.39 bits per heavy atom. The first-order valence-corrected chi connectivity index (χ1v) is 8.90. The van der Waals surface area contributed by atoms with Crippen LogP contribution in [0.5, 0.6) is 0 Å². The Morgan fingerprint density at radius 2 is 2.17 bits per heavy atom. The van der Waals surface area contributed by atoms with Gasteiger partial charge in [-0.25, -0.2) is 0 Å². The maximum Gasteiger partial charge on any atom is 0.294 e. The van der Waals surface area contributed by atoms with Crippen molar-refractivity contribution in [3.05, 3.63) is 39.2 Å². The predicted molar refractivity (Wildman–Crippen MR) is 94.7 cm³/mol. The molecule has 0 atom stereocenters. The minimum absolute atomic E-state index is 0.232. The molecule has 23 heavy (non-hydrogen) atoms. The highest BCUT2D eigenvalue weighted by Crippen LogP contribution is 2.32. The van der Waals surface area contributed by atoms with E-state index in [-0.39, 0.29) is 12.5 Å². The van der Waals surface area contributed by atoms with Gasteiger partial charge in [-0.1, -0.05) is 41.4 Å². The summed E-state index contributed by atoms with van der Waals surface area (Å²) in [5.74, 6) is -0.741. The number of hydrogen-bond acceptors (Lipinski definition) is 4. The van der Waals surface area contributed by atoms with Crippen LogP contribution in [0.2, 0.25) is 0 Å². The maximum absolute atomic E-state index is 12.3. The first-order valence-electron chi connectivity index (χ1n) is 7.29. The van der Waals surface area contributed by atoms with Crippen LogP contribution in [0.4, 0.5) is 4.79 Å². The largest absolute Gasteiger partial charge is 0.355 e. The fourth-order valence-corrected chi connectivity index (χ4v) is 3.24. The van der Waals surface area contributed by atoms with Crippen LogP contribution in [-0.2, 0) is 9.59 Å². The lowest BCUT2D eigenvalue weighted by Gasteiger charge is -2.12. The number of amides is 3. The summed E-state index contributed by atoms with van der Waals surface area (Å²) in [7, 11) is 0. The van der Waals surface area contributed by atoms with Gasteiger partial charge in [0.2, 0.25) is 5.91 Å². The van der Waals surface area contributed by atoms with Crippen LogP contribution < -0.4 is 5.32 Å². The Hall–Kier alpha value is -1.60. The molecule has 1 aromatic carbocycles. The Labute approximate surface area is 147 Å². The second-order valence-electron chi connectivity index (χ2n) is 5.03. The van der Waals surface area contributed by atoms with Gasteiger partial charge in [0.05, 0.1) is 4.91 Å². The molecule has 7 heteroatoms. The smallest absolute Gasteiger partial charge is 0.294 e. The minimum Gasteiger partial charge on any atom is -0.355 e. The fraction of sp³-hybridized carbons (Fsp3) is 0.312. The molecule has 122 valence electrons. The van der Waals surface area contributed by atoms with Crippen molar-refractivity contribution < 1.29 is 14.4 Å². The highest BCUT2D eigenvalue weighted by Gasteiger charge is 2.36. The topological polar surface area (TPSA) is 66.5 Å². The van der Waals surface area contributed by atoms with Gasteiger partial charge in [0.25, 0.3) is 11.1 Å². The minimum atomic E-state index is -0.425. The summed E-state index contributed by atoms with van der Waals surface area (Å²) in [4.78, 5) is 37.3. The predicted octanol–water partition coefficient (Wildman–Crippen LogP) is 3.40. The van der Waals surface area contributed by atoms with Gasteiger partial charge in [-0.15, -0.1) is 0 Å². The molecule has 1 fully saturated rings. The van der Waals surface area contributed by atoms with Crippen molar-refractivity contribution >= 4 is 50.8 Å². The van der Waals surface area contributed by atoms with Crippen molar-refractivity contribution in [2.75, 3.05) is 13.1 Å². The molecule has 1 aliphatic rings. The lowest BCUT2D eigenvalue weighted by atomic mass is 10.2. The quantitative estimate of drug-likeness (QED) is 0.590. The molecular formula is C16H17BrN2O3S. The number of nitrogens with one attached hydrogen (secondary N) is 1. The van der Waals surface area contributed by atoms with E-state index in [0.717, 1.165) is 39.5 Å². The summed E-state index contributed by atoms with van der Waals surface area (Å²) in [6, 6.07) is 7.42. The highest BCUT2D eigenvalue weighted by atomic mass is 79.9. The van der Waals surface area contributed by atoms with E-state index in [1.807, 2.05) is 31.2 Å². The van der Waals surface area contributed by atoms with Gasteiger partial charge in [0.15, 0.2) is 0 Å². The molecule has 0 radical (unpaired) electrons. The van der Waals surface area contributed by atoms with Gasteiger partial charge in [-0.05, 0) is 42.0 Å². The van der Waals surface area contributed by atoms with Gasteiger partial charge in [0, 0.05) is 11.0 Å². The van der Waals surface area contributed by atoms with Crippen molar-refractivity contribution in [2.45, 2.75) is 19.8 Å². The van der Waals surface area contributed by atoms with Crippen LogP contribution in [-0.4, -0.2) is 35.0 Å². The summed E-state index contributed by atoms with van der Waals surface area (Å²) < 4.78 is 0.890. The molecule has 0 saturated carbocycles. The number of benzene rings is 1. The third-order valence-corrected chi connectivity index (χ3v) is 4.57. The molecule has 0 aliphatic carbocycles. The molecule has 0 bridgehead atoms. The number of thioether (sulfide) groups is 1. The number of nitrogens with zero attached hydrogens (tertiary/aromatic N) is 1. The number of rotatable bonds is 6. The van der Waals surface area contributed by atoms with Gasteiger partial charge >= 0.3 is 0 Å². The van der Waals surface area contributed by atoms with Crippen LogP contribution in [0.15, 0.2) is 33.6 Å². The number of halogens is 1. The number of hydrogen-bond donors (Lipinski definition) is 1. The second kappa shape index (κ2) is 8.31. The number of carbonyl (C=O) groups excluding carboxylic acids is 3. The Bertz CT molecular complexity index is 660. The normalized spacial score (nSPS) is 16.3. The first kappa shape index (κ1) is 17.7. The molecule has 1 saturated heterocycles. The summed E-state index contributed by atoms with van der Waals surface area (Å²) >= 11 is 4.22. The van der Waals surface area contributed by atoms with Gasteiger partial charge in [0.1, 0.15) is 6.54 Å². The summed E-state index contributed by atoms with van der Waals surface area (Å²) in [6.07, 6.45) is 3.50. The van der Waals surface area contributed by atoms with E-state index >= 15 is 0 Å². The van der Waals surface area contributed by atoms with Crippen molar-refractivity contribution in [1.82, 2.24) is 10.2 Å². The molecule has 1 aromatic rings. The first-order chi connectivity index (χ1) is 11.0. The molecule has 1 N–H and O–H groups in total. The highest BCUT2D eigenvalue weighted by molar-refractivity contribution is 9.10. The van der Waals surface area contributed by atoms with Crippen molar-refractivity contribution in [2.24, 2.45) is 0 Å². The molecule has 5 nitrogen and oxygen atoms in total. The average molecular weight is 397 g/mol. The third-order valence-electron chi connectivity index (χ3n) is 3.17. The van der Waals surface area contributed by atoms with Gasteiger partial charge < -0.3 is 5.32 Å². The Balaban J connectivity index is 2.03. The van der Waals surface area contributed by atoms with Crippen LogP contribution in [0.3, 0.4) is 0 Å². The van der Waals surface area contributed by atoms with E-state index in [9.17, 15) is 14.4 Å². The molecule has 3 amide bonds. The van der Waals surface area contributed by atoms with Gasteiger partial charge in [-0.3, -0.25) is 19.3 Å². The van der Waals surface area contributed by atoms with E-state index in [1.54, 1.807) is 6.08 Å². The van der Waals surface area contributed by atoms with Crippen LogP contribution in [0.25, 0.3) is 6.08 Å². The van der Waals surface area contributed by atoms with E-state index in [4.69, 9.17) is 0 Å². The zero-order valence-electron chi connectivity index (χ0n) is 12.7. The van der Waals surface area contributed by atoms with Crippen molar-refractivity contribution in [3.63, 3.8) is 0 Å². The zero-order valence-corrected chi connectivity index (χ0v) is 15.1.